The molecule has 0 atom stereocenters. The number of hydrogen-bond donors (Lipinski definition) is 2. The highest BCUT2D eigenvalue weighted by Crippen LogP contribution is 2.35. The topological polar surface area (TPSA) is 61.5 Å². The van der Waals surface area contributed by atoms with Crippen molar-refractivity contribution in [1.29, 1.82) is 0 Å². The molecule has 2 aromatic heterocycles. The molecule has 5 aromatic rings. The Balaban J connectivity index is 1.89. The zero-order valence-corrected chi connectivity index (χ0v) is 14.6. The van der Waals surface area contributed by atoms with Crippen molar-refractivity contribution in [3.63, 3.8) is 0 Å². The molecule has 126 valence electrons. The van der Waals surface area contributed by atoms with E-state index in [9.17, 15) is 4.79 Å². The zero-order valence-electron chi connectivity index (χ0n) is 14.6. The van der Waals surface area contributed by atoms with Crippen molar-refractivity contribution in [1.82, 2.24) is 15.0 Å². The average Bonchev–Trinajstić information content (AvgIpc) is 3.05. The molecule has 0 saturated carbocycles. The van der Waals surface area contributed by atoms with E-state index in [-0.39, 0.29) is 5.56 Å². The van der Waals surface area contributed by atoms with Crippen molar-refractivity contribution in [2.75, 3.05) is 0 Å². The molecule has 5 rings (SSSR count). The predicted octanol–water partition coefficient (Wildman–Crippen LogP) is 4.84. The van der Waals surface area contributed by atoms with Crippen LogP contribution in [0.2, 0.25) is 0 Å². The number of aromatic nitrogens is 3. The van der Waals surface area contributed by atoms with Gasteiger partial charge in [0.05, 0.1) is 10.9 Å². The van der Waals surface area contributed by atoms with E-state index in [0.29, 0.717) is 16.7 Å². The van der Waals surface area contributed by atoms with Crippen LogP contribution in [0, 0.1) is 13.8 Å². The molecule has 4 heteroatoms. The first-order valence-electron chi connectivity index (χ1n) is 8.63. The lowest BCUT2D eigenvalue weighted by Crippen LogP contribution is -2.10. The third-order valence-electron chi connectivity index (χ3n) is 5.11. The summed E-state index contributed by atoms with van der Waals surface area (Å²) in [4.78, 5) is 23.7. The third-order valence-corrected chi connectivity index (χ3v) is 5.11. The second-order valence-corrected chi connectivity index (χ2v) is 6.72. The maximum Gasteiger partial charge on any atom is 0.259 e. The molecule has 0 radical (unpaired) electrons. The number of H-pyrrole nitrogens is 2. The van der Waals surface area contributed by atoms with Gasteiger partial charge in [-0.05, 0) is 49.2 Å². The zero-order chi connectivity index (χ0) is 17.8. The van der Waals surface area contributed by atoms with E-state index in [1.54, 1.807) is 6.07 Å². The molecule has 0 spiro atoms. The van der Waals surface area contributed by atoms with Gasteiger partial charge in [0.25, 0.3) is 5.56 Å². The fraction of sp³-hybridized carbons (Fsp3) is 0.0909. The fourth-order valence-corrected chi connectivity index (χ4v) is 3.82. The predicted molar refractivity (Wildman–Crippen MR) is 107 cm³/mol. The number of nitrogens with zero attached hydrogens (tertiary/aromatic N) is 1. The number of hydrogen-bond acceptors (Lipinski definition) is 2. The molecule has 0 amide bonds. The first kappa shape index (κ1) is 14.9. The van der Waals surface area contributed by atoms with E-state index in [1.807, 2.05) is 30.3 Å². The van der Waals surface area contributed by atoms with Crippen LogP contribution in [-0.4, -0.2) is 15.0 Å². The molecular formula is C22H17N3O. The first-order valence-corrected chi connectivity index (χ1v) is 8.63. The quantitative estimate of drug-likeness (QED) is 0.459. The number of fused-ring (bicyclic) bond motifs is 4. The van der Waals surface area contributed by atoms with Gasteiger partial charge in [0.1, 0.15) is 5.82 Å². The van der Waals surface area contributed by atoms with Crippen LogP contribution in [0.4, 0.5) is 0 Å². The van der Waals surface area contributed by atoms with E-state index < -0.39 is 0 Å². The molecule has 0 aliphatic carbocycles. The van der Waals surface area contributed by atoms with Gasteiger partial charge in [-0.3, -0.25) is 4.79 Å². The minimum absolute atomic E-state index is 0.110. The fourth-order valence-electron chi connectivity index (χ4n) is 3.82. The van der Waals surface area contributed by atoms with Gasteiger partial charge in [0, 0.05) is 27.4 Å². The van der Waals surface area contributed by atoms with Gasteiger partial charge >= 0.3 is 0 Å². The monoisotopic (exact) mass is 339 g/mol. The van der Waals surface area contributed by atoms with Crippen LogP contribution in [0.3, 0.4) is 0 Å². The van der Waals surface area contributed by atoms with Crippen molar-refractivity contribution in [2.45, 2.75) is 13.8 Å². The Labute approximate surface area is 149 Å². The SMILES string of the molecule is Cc1cc(-c2nc3ccccc3c(=O)[nH]2)c(C)c2c1[nH]c1ccccc12. The van der Waals surface area contributed by atoms with Gasteiger partial charge in [-0.2, -0.15) is 0 Å². The molecule has 2 heterocycles. The Bertz CT molecular complexity index is 1380. The number of aryl methyl sites for hydroxylation is 2. The number of para-hydroxylation sites is 2. The van der Waals surface area contributed by atoms with Crippen LogP contribution in [-0.2, 0) is 0 Å². The highest BCUT2D eigenvalue weighted by atomic mass is 16.1. The number of nitrogens with one attached hydrogen (secondary N) is 2. The molecule has 3 aromatic carbocycles. The molecule has 0 unspecified atom stereocenters. The van der Waals surface area contributed by atoms with Crippen molar-refractivity contribution < 1.29 is 0 Å². The summed E-state index contributed by atoms with van der Waals surface area (Å²) in [5.41, 5.74) is 6.06. The smallest absolute Gasteiger partial charge is 0.259 e. The van der Waals surface area contributed by atoms with E-state index in [0.717, 1.165) is 27.7 Å². The van der Waals surface area contributed by atoms with Crippen molar-refractivity contribution in [2.24, 2.45) is 0 Å². The van der Waals surface area contributed by atoms with Gasteiger partial charge in [-0.25, -0.2) is 4.98 Å². The summed E-state index contributed by atoms with van der Waals surface area (Å²) in [6.45, 7) is 4.17. The summed E-state index contributed by atoms with van der Waals surface area (Å²) in [6, 6.07) is 17.8. The minimum atomic E-state index is -0.110. The molecule has 26 heavy (non-hydrogen) atoms. The van der Waals surface area contributed by atoms with E-state index in [1.165, 1.54) is 10.8 Å². The Kier molecular flexibility index (Phi) is 3.04. The summed E-state index contributed by atoms with van der Waals surface area (Å²) in [5, 5.41) is 2.98. The van der Waals surface area contributed by atoms with Gasteiger partial charge in [-0.15, -0.1) is 0 Å². The van der Waals surface area contributed by atoms with Gasteiger partial charge in [0.15, 0.2) is 0 Å². The Morgan fingerprint density at radius 1 is 0.885 bits per heavy atom. The standard InChI is InChI=1S/C22H17N3O/c1-12-11-16(21-24-18-10-6-4-8-15(18)22(26)25-21)13(2)19-14-7-3-5-9-17(14)23-20(12)19/h3-11,23H,1-2H3,(H,24,25,26). The van der Waals surface area contributed by atoms with Crippen LogP contribution >= 0.6 is 0 Å². The summed E-state index contributed by atoms with van der Waals surface area (Å²) < 4.78 is 0. The minimum Gasteiger partial charge on any atom is -0.354 e. The van der Waals surface area contributed by atoms with Crippen molar-refractivity contribution in [3.05, 3.63) is 76.1 Å². The third kappa shape index (κ3) is 2.02. The summed E-state index contributed by atoms with van der Waals surface area (Å²) in [7, 11) is 0. The number of benzene rings is 3. The Morgan fingerprint density at radius 3 is 2.46 bits per heavy atom. The maximum absolute atomic E-state index is 12.5. The van der Waals surface area contributed by atoms with Crippen molar-refractivity contribution in [3.8, 4) is 11.4 Å². The highest BCUT2D eigenvalue weighted by Gasteiger charge is 2.15. The molecule has 0 aliphatic rings. The van der Waals surface area contributed by atoms with Gasteiger partial charge in [0.2, 0.25) is 0 Å². The van der Waals surface area contributed by atoms with Gasteiger partial charge < -0.3 is 9.97 Å². The lowest BCUT2D eigenvalue weighted by Gasteiger charge is -2.10. The normalized spacial score (nSPS) is 11.6. The second-order valence-electron chi connectivity index (χ2n) is 6.72. The van der Waals surface area contributed by atoms with Crippen LogP contribution in [0.5, 0.6) is 0 Å². The van der Waals surface area contributed by atoms with E-state index >= 15 is 0 Å². The maximum atomic E-state index is 12.5. The van der Waals surface area contributed by atoms with Crippen LogP contribution in [0.15, 0.2) is 59.4 Å². The first-order chi connectivity index (χ1) is 12.6. The molecular weight excluding hydrogens is 322 g/mol. The molecule has 0 bridgehead atoms. The summed E-state index contributed by atoms with van der Waals surface area (Å²) in [6.07, 6.45) is 0. The van der Waals surface area contributed by atoms with E-state index in [2.05, 4.69) is 42.0 Å². The van der Waals surface area contributed by atoms with Crippen LogP contribution in [0.25, 0.3) is 44.1 Å². The second kappa shape index (κ2) is 5.30. The molecule has 0 aliphatic heterocycles. The number of rotatable bonds is 1. The van der Waals surface area contributed by atoms with Crippen molar-refractivity contribution >= 4 is 32.7 Å². The Morgan fingerprint density at radius 2 is 1.62 bits per heavy atom. The molecule has 0 saturated heterocycles. The summed E-state index contributed by atoms with van der Waals surface area (Å²) >= 11 is 0. The molecule has 0 fully saturated rings. The van der Waals surface area contributed by atoms with Crippen LogP contribution in [0.1, 0.15) is 11.1 Å². The van der Waals surface area contributed by atoms with E-state index in [4.69, 9.17) is 4.98 Å². The Hall–Kier alpha value is -3.40. The summed E-state index contributed by atoms with van der Waals surface area (Å²) in [5.74, 6) is 0.612. The molecule has 2 N–H and O–H groups in total. The largest absolute Gasteiger partial charge is 0.354 e. The lowest BCUT2D eigenvalue weighted by atomic mass is 9.98. The van der Waals surface area contributed by atoms with Gasteiger partial charge in [-0.1, -0.05) is 30.3 Å². The molecule has 4 nitrogen and oxygen atoms in total. The number of aromatic amines is 2. The lowest BCUT2D eigenvalue weighted by molar-refractivity contribution is 1.17. The average molecular weight is 339 g/mol. The van der Waals surface area contributed by atoms with Crippen LogP contribution < -0.4 is 5.56 Å². The highest BCUT2D eigenvalue weighted by molar-refractivity contribution is 6.11.